The lowest BCUT2D eigenvalue weighted by molar-refractivity contribution is -0.133. The predicted octanol–water partition coefficient (Wildman–Crippen LogP) is 2.07. The maximum Gasteiger partial charge on any atom is 0.239 e. The number of nitrogens with zero attached hydrogens (tertiary/aromatic N) is 3. The Morgan fingerprint density at radius 2 is 2.24 bits per heavy atom. The van der Waals surface area contributed by atoms with Crippen LogP contribution in [0.3, 0.4) is 0 Å². The highest BCUT2D eigenvalue weighted by Crippen LogP contribution is 2.33. The summed E-state index contributed by atoms with van der Waals surface area (Å²) in [6, 6.07) is 7.73. The van der Waals surface area contributed by atoms with Gasteiger partial charge in [0, 0.05) is 13.1 Å². The molecule has 0 spiro atoms. The number of carbonyl (C=O) groups is 1. The molecule has 2 N–H and O–H groups in total. The van der Waals surface area contributed by atoms with E-state index in [1.54, 1.807) is 6.92 Å². The van der Waals surface area contributed by atoms with Crippen molar-refractivity contribution in [1.29, 1.82) is 0 Å². The minimum Gasteiger partial charge on any atom is -0.331 e. The van der Waals surface area contributed by atoms with Gasteiger partial charge in [0.25, 0.3) is 0 Å². The number of carbonyl (C=O) groups excluding carboxylic acids is 1. The first-order valence-electron chi connectivity index (χ1n) is 7.64. The fraction of sp³-hybridized carbons (Fsp3) is 0.500. The topological polar surface area (TPSA) is 64.2 Å². The van der Waals surface area contributed by atoms with Gasteiger partial charge in [-0.05, 0) is 38.8 Å². The number of amides is 1. The molecule has 1 aliphatic heterocycles. The lowest BCUT2D eigenvalue weighted by atomic mass is 10.2. The number of imidazole rings is 1. The van der Waals surface area contributed by atoms with Crippen molar-refractivity contribution in [2.45, 2.75) is 45.3 Å². The van der Waals surface area contributed by atoms with Crippen molar-refractivity contribution in [3.05, 3.63) is 30.1 Å². The zero-order valence-corrected chi connectivity index (χ0v) is 12.6. The van der Waals surface area contributed by atoms with Gasteiger partial charge in [0.15, 0.2) is 0 Å². The molecule has 2 heterocycles. The molecule has 112 valence electrons. The minimum atomic E-state index is -0.454. The predicted molar refractivity (Wildman–Crippen MR) is 82.7 cm³/mol. The Hall–Kier alpha value is -1.88. The number of para-hydroxylation sites is 2. The second-order valence-electron chi connectivity index (χ2n) is 5.68. The molecule has 1 aromatic heterocycles. The van der Waals surface area contributed by atoms with Crippen LogP contribution in [0.5, 0.6) is 0 Å². The van der Waals surface area contributed by atoms with Crippen LogP contribution >= 0.6 is 0 Å². The van der Waals surface area contributed by atoms with E-state index in [9.17, 15) is 4.79 Å². The average Bonchev–Trinajstić information content (AvgIpc) is 3.09. The normalized spacial score (nSPS) is 20.1. The van der Waals surface area contributed by atoms with Crippen LogP contribution in [0.1, 0.15) is 38.6 Å². The Balaban J connectivity index is 2.05. The number of aryl methyl sites for hydroxylation is 1. The van der Waals surface area contributed by atoms with Crippen molar-refractivity contribution in [1.82, 2.24) is 14.5 Å². The van der Waals surface area contributed by atoms with Crippen LogP contribution < -0.4 is 5.73 Å². The van der Waals surface area contributed by atoms with Crippen LogP contribution in [0.15, 0.2) is 24.3 Å². The summed E-state index contributed by atoms with van der Waals surface area (Å²) in [6.07, 6.45) is 1.97. The fourth-order valence-electron chi connectivity index (χ4n) is 3.24. The summed E-state index contributed by atoms with van der Waals surface area (Å²) >= 11 is 0. The van der Waals surface area contributed by atoms with Crippen molar-refractivity contribution >= 4 is 16.9 Å². The molecule has 2 unspecified atom stereocenters. The van der Waals surface area contributed by atoms with Crippen LogP contribution in [0, 0.1) is 0 Å². The molecule has 1 aliphatic rings. The molecule has 2 aromatic rings. The van der Waals surface area contributed by atoms with Crippen LogP contribution in [0.4, 0.5) is 0 Å². The first-order valence-corrected chi connectivity index (χ1v) is 7.64. The Kier molecular flexibility index (Phi) is 3.68. The van der Waals surface area contributed by atoms with E-state index in [-0.39, 0.29) is 11.9 Å². The van der Waals surface area contributed by atoms with E-state index in [1.165, 1.54) is 0 Å². The quantitative estimate of drug-likeness (QED) is 0.939. The van der Waals surface area contributed by atoms with Crippen LogP contribution in [0.25, 0.3) is 11.0 Å². The van der Waals surface area contributed by atoms with Gasteiger partial charge in [-0.2, -0.15) is 0 Å². The third-order valence-electron chi connectivity index (χ3n) is 4.22. The zero-order chi connectivity index (χ0) is 15.0. The van der Waals surface area contributed by atoms with Crippen LogP contribution in [-0.4, -0.2) is 32.9 Å². The summed E-state index contributed by atoms with van der Waals surface area (Å²) in [5, 5.41) is 0. The molecule has 0 aliphatic carbocycles. The van der Waals surface area contributed by atoms with Crippen LogP contribution in [0.2, 0.25) is 0 Å². The van der Waals surface area contributed by atoms with Gasteiger partial charge in [-0.15, -0.1) is 0 Å². The third-order valence-corrected chi connectivity index (χ3v) is 4.22. The van der Waals surface area contributed by atoms with E-state index >= 15 is 0 Å². The van der Waals surface area contributed by atoms with Gasteiger partial charge in [0.2, 0.25) is 5.91 Å². The van der Waals surface area contributed by atoms with Gasteiger partial charge in [-0.1, -0.05) is 12.1 Å². The first kappa shape index (κ1) is 14.1. The summed E-state index contributed by atoms with van der Waals surface area (Å²) in [4.78, 5) is 19.0. The SMILES string of the molecule is CCn1c(C2CCCN2C(=O)C(C)N)nc2ccccc21. The number of likely N-dealkylation sites (tertiary alicyclic amines) is 1. The van der Waals surface area contributed by atoms with Crippen molar-refractivity contribution in [2.24, 2.45) is 5.73 Å². The molecule has 1 fully saturated rings. The van der Waals surface area contributed by atoms with Gasteiger partial charge in [-0.3, -0.25) is 4.79 Å². The van der Waals surface area contributed by atoms with E-state index in [0.717, 1.165) is 42.8 Å². The molecular weight excluding hydrogens is 264 g/mol. The lowest BCUT2D eigenvalue weighted by Crippen LogP contribution is -2.42. The second-order valence-corrected chi connectivity index (χ2v) is 5.68. The summed E-state index contributed by atoms with van der Waals surface area (Å²) in [5.74, 6) is 1.01. The molecule has 1 saturated heterocycles. The number of hydrogen-bond acceptors (Lipinski definition) is 3. The Morgan fingerprint density at radius 1 is 1.48 bits per heavy atom. The number of benzene rings is 1. The smallest absolute Gasteiger partial charge is 0.239 e. The van der Waals surface area contributed by atoms with Gasteiger partial charge in [-0.25, -0.2) is 4.98 Å². The summed E-state index contributed by atoms with van der Waals surface area (Å²) in [6.45, 7) is 5.50. The molecule has 1 aromatic carbocycles. The molecule has 0 radical (unpaired) electrons. The second kappa shape index (κ2) is 5.48. The summed E-state index contributed by atoms with van der Waals surface area (Å²) < 4.78 is 2.22. The Morgan fingerprint density at radius 3 is 2.95 bits per heavy atom. The molecule has 0 bridgehead atoms. The standard InChI is InChI=1S/C16H22N4O/c1-3-19-13-8-5-4-7-12(13)18-15(19)14-9-6-10-20(14)16(21)11(2)17/h4-5,7-8,11,14H,3,6,9-10,17H2,1-2H3. The van der Waals surface area contributed by atoms with E-state index in [0.29, 0.717) is 0 Å². The first-order chi connectivity index (χ1) is 10.1. The highest BCUT2D eigenvalue weighted by atomic mass is 16.2. The summed E-state index contributed by atoms with van der Waals surface area (Å²) in [7, 11) is 0. The van der Waals surface area contributed by atoms with Gasteiger partial charge >= 0.3 is 0 Å². The minimum absolute atomic E-state index is 0.0206. The molecule has 0 saturated carbocycles. The van der Waals surface area contributed by atoms with Crippen molar-refractivity contribution in [3.8, 4) is 0 Å². The Labute approximate surface area is 124 Å². The Bertz CT molecular complexity index is 661. The van der Waals surface area contributed by atoms with Gasteiger partial charge < -0.3 is 15.2 Å². The number of hydrogen-bond donors (Lipinski definition) is 1. The molecular formula is C16H22N4O. The van der Waals surface area contributed by atoms with Crippen molar-refractivity contribution in [2.75, 3.05) is 6.54 Å². The molecule has 5 heteroatoms. The molecule has 5 nitrogen and oxygen atoms in total. The molecule has 2 atom stereocenters. The number of rotatable bonds is 3. The summed E-state index contributed by atoms with van der Waals surface area (Å²) in [5.41, 5.74) is 7.91. The molecule has 1 amide bonds. The lowest BCUT2D eigenvalue weighted by Gasteiger charge is -2.26. The average molecular weight is 286 g/mol. The van der Waals surface area contributed by atoms with Crippen molar-refractivity contribution in [3.63, 3.8) is 0 Å². The fourth-order valence-corrected chi connectivity index (χ4v) is 3.24. The third kappa shape index (κ3) is 2.31. The largest absolute Gasteiger partial charge is 0.331 e. The highest BCUT2D eigenvalue weighted by molar-refractivity contribution is 5.82. The monoisotopic (exact) mass is 286 g/mol. The number of nitrogens with two attached hydrogens (primary N) is 1. The van der Waals surface area contributed by atoms with E-state index < -0.39 is 6.04 Å². The van der Waals surface area contributed by atoms with E-state index in [4.69, 9.17) is 10.7 Å². The maximum atomic E-state index is 12.3. The van der Waals surface area contributed by atoms with E-state index in [1.807, 2.05) is 23.1 Å². The zero-order valence-electron chi connectivity index (χ0n) is 12.6. The number of aromatic nitrogens is 2. The van der Waals surface area contributed by atoms with Crippen molar-refractivity contribution < 1.29 is 4.79 Å². The molecule has 3 rings (SSSR count). The number of fused-ring (bicyclic) bond motifs is 1. The van der Waals surface area contributed by atoms with Crippen LogP contribution in [-0.2, 0) is 11.3 Å². The molecule has 21 heavy (non-hydrogen) atoms. The highest BCUT2D eigenvalue weighted by Gasteiger charge is 2.34. The van der Waals surface area contributed by atoms with Gasteiger partial charge in [0.05, 0.1) is 23.1 Å². The van der Waals surface area contributed by atoms with Gasteiger partial charge in [0.1, 0.15) is 5.82 Å². The maximum absolute atomic E-state index is 12.3. The van der Waals surface area contributed by atoms with E-state index in [2.05, 4.69) is 17.6 Å².